The number of hydrogen-bond donors (Lipinski definition) is 4. The lowest BCUT2D eigenvalue weighted by molar-refractivity contribution is -0.318. The smallest absolute Gasteiger partial charge is 0.416 e. The van der Waals surface area contributed by atoms with E-state index in [9.17, 15) is 33.3 Å². The number of carboxylic acid groups (broad SMARTS) is 1. The van der Waals surface area contributed by atoms with E-state index in [1.165, 1.54) is 41.0 Å². The van der Waals surface area contributed by atoms with Gasteiger partial charge < -0.3 is 25.0 Å². The predicted octanol–water partition coefficient (Wildman–Crippen LogP) is 3.23. The Kier molecular flexibility index (Phi) is 5.35. The number of rotatable bonds is 5. The first-order valence-corrected chi connectivity index (χ1v) is 8.61. The maximum atomic E-state index is 13.4. The molecule has 0 spiro atoms. The monoisotopic (exact) mass is 429 g/mol. The van der Waals surface area contributed by atoms with Gasteiger partial charge in [-0.3, -0.25) is 0 Å². The molecule has 1 heterocycles. The molecule has 2 aromatic carbocycles. The van der Waals surface area contributed by atoms with Crippen molar-refractivity contribution in [2.24, 2.45) is 0 Å². The summed E-state index contributed by atoms with van der Waals surface area (Å²) in [5.41, 5.74) is -0.599. The van der Waals surface area contributed by atoms with Crippen molar-refractivity contribution in [2.45, 2.75) is 25.1 Å². The van der Waals surface area contributed by atoms with Gasteiger partial charge in [-0.05, 0) is 42.0 Å². The lowest BCUT2D eigenvalue weighted by Gasteiger charge is -2.19. The Hall–Kier alpha value is -2.59. The fraction of sp³-hybridized carbons (Fsp3) is 0.211. The third-order valence-electron chi connectivity index (χ3n) is 4.35. The molecule has 0 aliphatic heterocycles. The van der Waals surface area contributed by atoms with E-state index < -0.39 is 30.2 Å². The Morgan fingerprint density at radius 1 is 1.03 bits per heavy atom. The van der Waals surface area contributed by atoms with E-state index in [1.807, 2.05) is 0 Å². The van der Waals surface area contributed by atoms with Crippen LogP contribution in [0.25, 0.3) is 10.9 Å². The van der Waals surface area contributed by atoms with Crippen LogP contribution in [-0.2, 0) is 19.1 Å². The summed E-state index contributed by atoms with van der Waals surface area (Å²) < 4.78 is 41.4. The highest BCUT2D eigenvalue weighted by Gasteiger charge is 2.34. The van der Waals surface area contributed by atoms with Gasteiger partial charge >= 0.3 is 12.1 Å². The van der Waals surface area contributed by atoms with Crippen LogP contribution in [0, 0.1) is 0 Å². The van der Waals surface area contributed by atoms with Crippen molar-refractivity contribution in [3.05, 3.63) is 69.9 Å². The van der Waals surface area contributed by atoms with E-state index >= 15 is 0 Å². The number of carbonyl (C=O) groups is 1. The molecule has 3 rings (SSSR count). The molecule has 0 fully saturated rings. The standard InChI is InChI=1S/C19H15ClF3NO5/c20-13-3-1-10(15(8-13)19(21,22)23)6-14-7-12-5-11(17(25)26)2-4-16(12)24(14)9-18(27,28)29/h1-5,7-8,27-29H,6,9H2,(H,25,26). The van der Waals surface area contributed by atoms with E-state index in [4.69, 9.17) is 16.7 Å². The van der Waals surface area contributed by atoms with Gasteiger partial charge in [0.15, 0.2) is 0 Å². The van der Waals surface area contributed by atoms with Gasteiger partial charge in [-0.2, -0.15) is 13.2 Å². The Labute approximate surface area is 167 Å². The Bertz CT molecular complexity index is 1090. The van der Waals surface area contributed by atoms with Crippen LogP contribution < -0.4 is 0 Å². The zero-order valence-corrected chi connectivity index (χ0v) is 15.4. The lowest BCUT2D eigenvalue weighted by atomic mass is 10.0. The van der Waals surface area contributed by atoms with Crippen LogP contribution in [0.1, 0.15) is 27.2 Å². The van der Waals surface area contributed by atoms with Crippen LogP contribution in [0.3, 0.4) is 0 Å². The van der Waals surface area contributed by atoms with Crippen LogP contribution in [0.2, 0.25) is 5.02 Å². The molecule has 0 saturated heterocycles. The summed E-state index contributed by atoms with van der Waals surface area (Å²) >= 11 is 5.70. The van der Waals surface area contributed by atoms with Crippen LogP contribution in [-0.4, -0.2) is 36.9 Å². The second kappa shape index (κ2) is 7.34. The van der Waals surface area contributed by atoms with Crippen molar-refractivity contribution >= 4 is 28.5 Å². The van der Waals surface area contributed by atoms with Gasteiger partial charge in [-0.15, -0.1) is 0 Å². The molecule has 0 aliphatic carbocycles. The summed E-state index contributed by atoms with van der Waals surface area (Å²) in [5.74, 6) is -4.32. The maximum absolute atomic E-state index is 13.4. The summed E-state index contributed by atoms with van der Waals surface area (Å²) in [6.07, 6.45) is -4.94. The normalized spacial score (nSPS) is 12.5. The molecule has 0 saturated carbocycles. The second-order valence-corrected chi connectivity index (χ2v) is 6.99. The number of fused-ring (bicyclic) bond motifs is 1. The third-order valence-corrected chi connectivity index (χ3v) is 4.59. The van der Waals surface area contributed by atoms with Gasteiger partial charge in [0.25, 0.3) is 5.97 Å². The SMILES string of the molecule is O=C(O)c1ccc2c(c1)cc(Cc1ccc(Cl)cc1C(F)(F)F)n2CC(O)(O)O. The highest BCUT2D eigenvalue weighted by atomic mass is 35.5. The van der Waals surface area contributed by atoms with Crippen LogP contribution in [0.4, 0.5) is 13.2 Å². The summed E-state index contributed by atoms with van der Waals surface area (Å²) in [6.45, 7) is -0.757. The minimum absolute atomic E-state index is 0.0491. The van der Waals surface area contributed by atoms with E-state index in [1.54, 1.807) is 0 Å². The largest absolute Gasteiger partial charge is 0.478 e. The van der Waals surface area contributed by atoms with Gasteiger partial charge in [-0.1, -0.05) is 17.7 Å². The molecule has 1 aromatic heterocycles. The molecule has 154 valence electrons. The average Bonchev–Trinajstić information content (AvgIpc) is 2.90. The lowest BCUT2D eigenvalue weighted by Crippen LogP contribution is -2.33. The van der Waals surface area contributed by atoms with E-state index in [-0.39, 0.29) is 28.3 Å². The highest BCUT2D eigenvalue weighted by molar-refractivity contribution is 6.30. The molecule has 29 heavy (non-hydrogen) atoms. The van der Waals surface area contributed by atoms with Crippen molar-refractivity contribution in [1.29, 1.82) is 0 Å². The van der Waals surface area contributed by atoms with Crippen molar-refractivity contribution in [3.63, 3.8) is 0 Å². The summed E-state index contributed by atoms with van der Waals surface area (Å²) in [7, 11) is 0. The molecule has 0 aliphatic rings. The number of hydrogen-bond acceptors (Lipinski definition) is 4. The van der Waals surface area contributed by atoms with E-state index in [0.717, 1.165) is 6.07 Å². The number of carboxylic acids is 1. The quantitative estimate of drug-likeness (QED) is 0.466. The Morgan fingerprint density at radius 2 is 1.72 bits per heavy atom. The Balaban J connectivity index is 2.16. The molecule has 0 unspecified atom stereocenters. The molecular formula is C19H15ClF3NO5. The molecule has 0 radical (unpaired) electrons. The summed E-state index contributed by atoms with van der Waals surface area (Å²) in [5, 5.41) is 37.6. The maximum Gasteiger partial charge on any atom is 0.416 e. The number of nitrogens with zero attached hydrogens (tertiary/aromatic N) is 1. The van der Waals surface area contributed by atoms with Crippen LogP contribution >= 0.6 is 11.6 Å². The van der Waals surface area contributed by atoms with Crippen molar-refractivity contribution < 1.29 is 38.4 Å². The molecule has 10 heteroatoms. The second-order valence-electron chi connectivity index (χ2n) is 6.55. The van der Waals surface area contributed by atoms with Crippen molar-refractivity contribution in [1.82, 2.24) is 4.57 Å². The van der Waals surface area contributed by atoms with Crippen LogP contribution in [0.15, 0.2) is 42.5 Å². The third kappa shape index (κ3) is 4.70. The fourth-order valence-corrected chi connectivity index (χ4v) is 3.34. The van der Waals surface area contributed by atoms with Gasteiger partial charge in [0.05, 0.1) is 11.1 Å². The van der Waals surface area contributed by atoms with Crippen LogP contribution in [0.5, 0.6) is 0 Å². The molecule has 0 atom stereocenters. The van der Waals surface area contributed by atoms with Gasteiger partial charge in [0, 0.05) is 28.0 Å². The minimum Gasteiger partial charge on any atom is -0.478 e. The molecule has 6 nitrogen and oxygen atoms in total. The number of aliphatic hydroxyl groups is 3. The predicted molar refractivity (Wildman–Crippen MR) is 97.5 cm³/mol. The minimum atomic E-state index is -4.66. The van der Waals surface area contributed by atoms with Gasteiger partial charge in [-0.25, -0.2) is 4.79 Å². The number of aromatic nitrogens is 1. The topological polar surface area (TPSA) is 103 Å². The zero-order valence-electron chi connectivity index (χ0n) is 14.6. The Morgan fingerprint density at radius 3 is 2.31 bits per heavy atom. The molecular weight excluding hydrogens is 415 g/mol. The molecule has 0 bridgehead atoms. The first kappa shape index (κ1) is 21.1. The zero-order chi connectivity index (χ0) is 21.6. The number of alkyl halides is 3. The first-order chi connectivity index (χ1) is 13.3. The molecule has 3 aromatic rings. The molecule has 0 amide bonds. The van der Waals surface area contributed by atoms with Gasteiger partial charge in [0.1, 0.15) is 6.54 Å². The number of aromatic carboxylic acids is 1. The number of halogens is 4. The fourth-order valence-electron chi connectivity index (χ4n) is 3.17. The van der Waals surface area contributed by atoms with E-state index in [0.29, 0.717) is 10.9 Å². The summed E-state index contributed by atoms with van der Waals surface area (Å²) in [4.78, 5) is 11.2. The molecule has 4 N–H and O–H groups in total. The summed E-state index contributed by atoms with van der Waals surface area (Å²) in [6, 6.07) is 8.68. The van der Waals surface area contributed by atoms with Gasteiger partial charge in [0.2, 0.25) is 0 Å². The highest BCUT2D eigenvalue weighted by Crippen LogP contribution is 2.35. The van der Waals surface area contributed by atoms with Crippen molar-refractivity contribution in [3.8, 4) is 0 Å². The van der Waals surface area contributed by atoms with E-state index in [2.05, 4.69) is 0 Å². The first-order valence-electron chi connectivity index (χ1n) is 8.23. The number of benzene rings is 2. The average molecular weight is 430 g/mol. The van der Waals surface area contributed by atoms with Crippen molar-refractivity contribution in [2.75, 3.05) is 0 Å².